The first-order chi connectivity index (χ1) is 15.7. The predicted molar refractivity (Wildman–Crippen MR) is 120 cm³/mol. The molecule has 4 aromatic rings. The Morgan fingerprint density at radius 2 is 1.53 bits per heavy atom. The maximum absolute atomic E-state index is 13.0. The van der Waals surface area contributed by atoms with Crippen molar-refractivity contribution in [3.63, 3.8) is 0 Å². The van der Waals surface area contributed by atoms with Crippen LogP contribution in [0.3, 0.4) is 0 Å². The summed E-state index contributed by atoms with van der Waals surface area (Å²) in [6.45, 7) is 0. The van der Waals surface area contributed by atoms with Gasteiger partial charge in [-0.1, -0.05) is 36.4 Å². The van der Waals surface area contributed by atoms with Crippen molar-refractivity contribution < 1.29 is 14.3 Å². The minimum absolute atomic E-state index is 0.168. The second kappa shape index (κ2) is 9.74. The van der Waals surface area contributed by atoms with E-state index in [1.54, 1.807) is 38.5 Å². The lowest BCUT2D eigenvalue weighted by molar-refractivity contribution is 0.0936. The fourth-order valence-corrected chi connectivity index (χ4v) is 3.38. The number of aromatic amines is 1. The first kappa shape index (κ1) is 21.0. The molecule has 0 spiro atoms. The number of nitrogens with one attached hydrogen (secondary N) is 2. The van der Waals surface area contributed by atoms with Gasteiger partial charge in [0.25, 0.3) is 5.91 Å². The van der Waals surface area contributed by atoms with Crippen molar-refractivity contribution in [2.75, 3.05) is 14.2 Å². The maximum atomic E-state index is 13.0. The first-order valence-electron chi connectivity index (χ1n) is 10.1. The van der Waals surface area contributed by atoms with Gasteiger partial charge < -0.3 is 14.8 Å². The molecule has 0 aliphatic heterocycles. The van der Waals surface area contributed by atoms with Gasteiger partial charge in [0.2, 0.25) is 5.82 Å². The predicted octanol–water partition coefficient (Wildman–Crippen LogP) is 3.60. The molecule has 162 valence electrons. The van der Waals surface area contributed by atoms with Crippen LogP contribution in [0.1, 0.15) is 27.5 Å². The van der Waals surface area contributed by atoms with E-state index < -0.39 is 0 Å². The van der Waals surface area contributed by atoms with Crippen molar-refractivity contribution in [3.8, 4) is 22.9 Å². The molecule has 1 heterocycles. The fourth-order valence-electron chi connectivity index (χ4n) is 3.38. The minimum Gasteiger partial charge on any atom is -0.497 e. The van der Waals surface area contributed by atoms with E-state index in [1.165, 1.54) is 0 Å². The van der Waals surface area contributed by atoms with Crippen LogP contribution in [0.5, 0.6) is 11.5 Å². The van der Waals surface area contributed by atoms with E-state index in [4.69, 9.17) is 9.47 Å². The van der Waals surface area contributed by atoms with Crippen molar-refractivity contribution in [1.29, 1.82) is 0 Å². The molecule has 0 aliphatic rings. The van der Waals surface area contributed by atoms with Gasteiger partial charge in [-0.2, -0.15) is 5.21 Å². The molecular weight excluding hydrogens is 406 g/mol. The minimum atomic E-state index is -0.223. The number of ether oxygens (including phenoxy) is 2. The van der Waals surface area contributed by atoms with Gasteiger partial charge in [0.15, 0.2) is 0 Å². The maximum Gasteiger partial charge on any atom is 0.251 e. The molecule has 32 heavy (non-hydrogen) atoms. The summed E-state index contributed by atoms with van der Waals surface area (Å²) in [7, 11) is 3.27. The van der Waals surface area contributed by atoms with Crippen LogP contribution in [0.2, 0.25) is 0 Å². The number of benzene rings is 3. The molecule has 1 amide bonds. The van der Waals surface area contributed by atoms with Crippen molar-refractivity contribution in [3.05, 3.63) is 89.5 Å². The number of amides is 1. The Bertz CT molecular complexity index is 1140. The summed E-state index contributed by atoms with van der Waals surface area (Å²) < 4.78 is 10.5. The van der Waals surface area contributed by atoms with Gasteiger partial charge in [-0.05, 0) is 59.2 Å². The number of hydrogen-bond acceptors (Lipinski definition) is 6. The molecule has 0 bridgehead atoms. The summed E-state index contributed by atoms with van der Waals surface area (Å²) in [5.74, 6) is 1.87. The third-order valence-corrected chi connectivity index (χ3v) is 5.17. The van der Waals surface area contributed by atoms with E-state index in [-0.39, 0.29) is 11.9 Å². The van der Waals surface area contributed by atoms with Crippen molar-refractivity contribution >= 4 is 5.91 Å². The van der Waals surface area contributed by atoms with Crippen LogP contribution < -0.4 is 14.8 Å². The zero-order chi connectivity index (χ0) is 22.3. The topological polar surface area (TPSA) is 102 Å². The third kappa shape index (κ3) is 4.92. The highest BCUT2D eigenvalue weighted by atomic mass is 16.5. The van der Waals surface area contributed by atoms with Gasteiger partial charge in [-0.15, -0.1) is 10.2 Å². The smallest absolute Gasteiger partial charge is 0.251 e. The van der Waals surface area contributed by atoms with Gasteiger partial charge in [-0.3, -0.25) is 4.79 Å². The average molecular weight is 429 g/mol. The Labute approximate surface area is 185 Å². The highest BCUT2D eigenvalue weighted by Gasteiger charge is 2.17. The molecule has 1 atom stereocenters. The highest BCUT2D eigenvalue weighted by molar-refractivity contribution is 5.94. The molecule has 1 aromatic heterocycles. The summed E-state index contributed by atoms with van der Waals surface area (Å²) in [5.41, 5.74) is 3.39. The van der Waals surface area contributed by atoms with Crippen LogP contribution in [0.25, 0.3) is 11.4 Å². The van der Waals surface area contributed by atoms with Gasteiger partial charge in [0.1, 0.15) is 11.5 Å². The second-order valence-corrected chi connectivity index (χ2v) is 7.16. The molecule has 0 unspecified atom stereocenters. The van der Waals surface area contributed by atoms with Crippen LogP contribution >= 0.6 is 0 Å². The summed E-state index contributed by atoms with van der Waals surface area (Å²) in [5, 5.41) is 17.0. The molecule has 8 nitrogen and oxygen atoms in total. The number of rotatable bonds is 8. The Kier molecular flexibility index (Phi) is 6.41. The zero-order valence-electron chi connectivity index (χ0n) is 17.8. The number of methoxy groups -OCH3 is 2. The third-order valence-electron chi connectivity index (χ3n) is 5.17. The molecule has 4 rings (SSSR count). The second-order valence-electron chi connectivity index (χ2n) is 7.16. The molecule has 8 heteroatoms. The van der Waals surface area contributed by atoms with E-state index in [9.17, 15) is 4.79 Å². The number of carbonyl (C=O) groups excluding carboxylic acids is 1. The molecule has 0 aliphatic carbocycles. The number of tetrazole rings is 1. The summed E-state index contributed by atoms with van der Waals surface area (Å²) in [6.07, 6.45) is 0.628. The number of carbonyl (C=O) groups is 1. The number of H-pyrrole nitrogens is 1. The average Bonchev–Trinajstić information content (AvgIpc) is 3.39. The van der Waals surface area contributed by atoms with Crippen molar-refractivity contribution in [2.24, 2.45) is 0 Å². The lowest BCUT2D eigenvalue weighted by atomic mass is 9.98. The van der Waals surface area contributed by atoms with Gasteiger partial charge in [0, 0.05) is 11.1 Å². The number of hydrogen-bond donors (Lipinski definition) is 2. The van der Waals surface area contributed by atoms with Crippen LogP contribution in [0, 0.1) is 0 Å². The highest BCUT2D eigenvalue weighted by Crippen LogP contribution is 2.23. The van der Waals surface area contributed by atoms with Gasteiger partial charge in [0.05, 0.1) is 20.3 Å². The van der Waals surface area contributed by atoms with E-state index in [1.807, 2.05) is 48.5 Å². The van der Waals surface area contributed by atoms with Crippen molar-refractivity contribution in [2.45, 2.75) is 12.5 Å². The molecule has 3 aromatic carbocycles. The lowest BCUT2D eigenvalue weighted by Gasteiger charge is -2.20. The molecule has 0 saturated heterocycles. The largest absolute Gasteiger partial charge is 0.497 e. The lowest BCUT2D eigenvalue weighted by Crippen LogP contribution is -2.30. The van der Waals surface area contributed by atoms with Crippen LogP contribution in [-0.4, -0.2) is 40.8 Å². The number of nitrogens with zero attached hydrogens (tertiary/aromatic N) is 3. The van der Waals surface area contributed by atoms with Crippen LogP contribution in [-0.2, 0) is 6.42 Å². The van der Waals surface area contributed by atoms with E-state index >= 15 is 0 Å². The molecule has 0 fully saturated rings. The monoisotopic (exact) mass is 429 g/mol. The van der Waals surface area contributed by atoms with E-state index in [0.29, 0.717) is 17.8 Å². The summed E-state index contributed by atoms with van der Waals surface area (Å²) >= 11 is 0. The van der Waals surface area contributed by atoms with Crippen molar-refractivity contribution in [1.82, 2.24) is 25.9 Å². The standard InChI is InChI=1S/C24H23N5O3/c1-31-20-11-3-16(4-12-20)15-22(17-9-13-21(32-2)14-10-17)25-24(30)19-7-5-18(6-8-19)23-26-28-29-27-23/h3-14,22H,15H2,1-2H3,(H,25,30)(H,26,27,28,29)/t22-/m0/s1. The molecule has 0 saturated carbocycles. The van der Waals surface area contributed by atoms with Crippen LogP contribution in [0.4, 0.5) is 0 Å². The molecular formula is C24H23N5O3. The number of aromatic nitrogens is 4. The van der Waals surface area contributed by atoms with E-state index in [2.05, 4.69) is 25.9 Å². The van der Waals surface area contributed by atoms with E-state index in [0.717, 1.165) is 28.2 Å². The Morgan fingerprint density at radius 1 is 0.906 bits per heavy atom. The fraction of sp³-hybridized carbons (Fsp3) is 0.167. The zero-order valence-corrected chi connectivity index (χ0v) is 17.8. The normalized spacial score (nSPS) is 11.6. The Hall–Kier alpha value is -4.20. The van der Waals surface area contributed by atoms with Crippen LogP contribution in [0.15, 0.2) is 72.8 Å². The van der Waals surface area contributed by atoms with Gasteiger partial charge in [-0.25, -0.2) is 0 Å². The molecule has 0 radical (unpaired) electrons. The first-order valence-corrected chi connectivity index (χ1v) is 10.1. The quantitative estimate of drug-likeness (QED) is 0.444. The summed E-state index contributed by atoms with van der Waals surface area (Å²) in [4.78, 5) is 13.0. The Balaban J connectivity index is 1.54. The molecule has 2 N–H and O–H groups in total. The summed E-state index contributed by atoms with van der Waals surface area (Å²) in [6, 6.07) is 22.4. The SMILES string of the molecule is COc1ccc(C[C@H](NC(=O)c2ccc(-c3nn[nH]n3)cc2)c2ccc(OC)cc2)cc1. The Morgan fingerprint density at radius 3 is 2.09 bits per heavy atom. The van der Waals surface area contributed by atoms with Gasteiger partial charge >= 0.3 is 0 Å².